The number of hydrogen-bond donors (Lipinski definition) is 2. The molecule has 0 bridgehead atoms. The van der Waals surface area contributed by atoms with E-state index in [2.05, 4.69) is 25.5 Å². The molecule has 2 aromatic heterocycles. The number of aryl methyl sites for hydroxylation is 1. The molecule has 0 spiro atoms. The quantitative estimate of drug-likeness (QED) is 0.508. The van der Waals surface area contributed by atoms with Crippen LogP contribution in [0.25, 0.3) is 22.1 Å². The van der Waals surface area contributed by atoms with Gasteiger partial charge in [0, 0.05) is 28.8 Å². The van der Waals surface area contributed by atoms with E-state index in [1.54, 1.807) is 0 Å². The lowest BCUT2D eigenvalue weighted by atomic mass is 10.1. The summed E-state index contributed by atoms with van der Waals surface area (Å²) < 4.78 is 0. The molecule has 0 saturated carbocycles. The van der Waals surface area contributed by atoms with Crippen LogP contribution in [0.15, 0.2) is 47.6 Å². The van der Waals surface area contributed by atoms with Crippen molar-refractivity contribution in [2.45, 2.75) is 25.4 Å². The van der Waals surface area contributed by atoms with Gasteiger partial charge in [-0.2, -0.15) is 0 Å². The second-order valence-electron chi connectivity index (χ2n) is 6.36. The van der Waals surface area contributed by atoms with Crippen molar-refractivity contribution in [1.82, 2.24) is 20.2 Å². The number of fused-ring (bicyclic) bond motifs is 3. The van der Waals surface area contributed by atoms with Crippen LogP contribution in [0.4, 0.5) is 5.69 Å². The van der Waals surface area contributed by atoms with E-state index in [4.69, 9.17) is 0 Å². The van der Waals surface area contributed by atoms with E-state index in [9.17, 15) is 4.79 Å². The molecule has 2 heterocycles. The SMILES string of the molecule is Cc1cccc(NC(=O)CCSc2nnc3c(n2)[nH]c2ccccc23)c1C. The highest BCUT2D eigenvalue weighted by molar-refractivity contribution is 7.99. The number of thioether (sulfide) groups is 1. The lowest BCUT2D eigenvalue weighted by Crippen LogP contribution is -2.13. The van der Waals surface area contributed by atoms with Crippen molar-refractivity contribution in [3.63, 3.8) is 0 Å². The number of nitrogens with one attached hydrogen (secondary N) is 2. The van der Waals surface area contributed by atoms with Crippen LogP contribution in [0.1, 0.15) is 17.5 Å². The monoisotopic (exact) mass is 377 g/mol. The van der Waals surface area contributed by atoms with E-state index in [0.717, 1.165) is 33.2 Å². The summed E-state index contributed by atoms with van der Waals surface area (Å²) in [6, 6.07) is 13.8. The summed E-state index contributed by atoms with van der Waals surface area (Å²) in [5.74, 6) is 0.570. The zero-order valence-corrected chi connectivity index (χ0v) is 15.9. The Bertz CT molecular complexity index is 1140. The van der Waals surface area contributed by atoms with E-state index in [1.807, 2.05) is 56.3 Å². The third kappa shape index (κ3) is 3.64. The Kier molecular flexibility index (Phi) is 4.77. The molecule has 2 aromatic carbocycles. The van der Waals surface area contributed by atoms with Crippen LogP contribution in [0, 0.1) is 13.8 Å². The average Bonchev–Trinajstić information content (AvgIpc) is 3.03. The molecule has 4 aromatic rings. The normalized spacial score (nSPS) is 11.2. The first kappa shape index (κ1) is 17.5. The van der Waals surface area contributed by atoms with Gasteiger partial charge in [-0.1, -0.05) is 42.1 Å². The predicted octanol–water partition coefficient (Wildman–Crippen LogP) is 4.24. The first-order valence-corrected chi connectivity index (χ1v) is 9.70. The number of aromatic amines is 1. The van der Waals surface area contributed by atoms with Gasteiger partial charge in [-0.05, 0) is 37.1 Å². The van der Waals surface area contributed by atoms with Gasteiger partial charge in [-0.3, -0.25) is 4.79 Å². The fraction of sp³-hybridized carbons (Fsp3) is 0.200. The molecule has 27 heavy (non-hydrogen) atoms. The number of para-hydroxylation sites is 1. The average molecular weight is 377 g/mol. The third-order valence-electron chi connectivity index (χ3n) is 4.54. The Balaban J connectivity index is 1.39. The minimum absolute atomic E-state index is 0.0177. The molecule has 0 aliphatic heterocycles. The number of amides is 1. The first-order chi connectivity index (χ1) is 13.1. The largest absolute Gasteiger partial charge is 0.338 e. The van der Waals surface area contributed by atoms with E-state index in [1.165, 1.54) is 11.8 Å². The molecule has 0 unspecified atom stereocenters. The molecule has 6 nitrogen and oxygen atoms in total. The van der Waals surface area contributed by atoms with Crippen molar-refractivity contribution in [2.24, 2.45) is 0 Å². The molecule has 1 amide bonds. The highest BCUT2D eigenvalue weighted by atomic mass is 32.2. The number of H-pyrrole nitrogens is 1. The number of anilines is 1. The minimum atomic E-state index is -0.0177. The number of nitrogens with zero attached hydrogens (tertiary/aromatic N) is 3. The first-order valence-electron chi connectivity index (χ1n) is 8.72. The van der Waals surface area contributed by atoms with Gasteiger partial charge in [0.15, 0.2) is 5.65 Å². The number of aromatic nitrogens is 4. The predicted molar refractivity (Wildman–Crippen MR) is 109 cm³/mol. The van der Waals surface area contributed by atoms with Gasteiger partial charge in [0.1, 0.15) is 5.52 Å². The molecule has 0 fully saturated rings. The molecule has 4 rings (SSSR count). The van der Waals surface area contributed by atoms with Gasteiger partial charge in [0.25, 0.3) is 0 Å². The van der Waals surface area contributed by atoms with Crippen molar-refractivity contribution in [3.05, 3.63) is 53.6 Å². The summed E-state index contributed by atoms with van der Waals surface area (Å²) >= 11 is 1.43. The topological polar surface area (TPSA) is 83.6 Å². The summed E-state index contributed by atoms with van der Waals surface area (Å²) in [5, 5.41) is 13.0. The maximum atomic E-state index is 12.2. The molecule has 0 atom stereocenters. The Morgan fingerprint density at radius 1 is 1.11 bits per heavy atom. The van der Waals surface area contributed by atoms with Crippen LogP contribution in [-0.2, 0) is 4.79 Å². The van der Waals surface area contributed by atoms with Crippen molar-refractivity contribution < 1.29 is 4.79 Å². The number of benzene rings is 2. The molecule has 0 aliphatic rings. The molecule has 136 valence electrons. The van der Waals surface area contributed by atoms with Gasteiger partial charge in [-0.25, -0.2) is 4.98 Å². The molecule has 7 heteroatoms. The van der Waals surface area contributed by atoms with Crippen molar-refractivity contribution >= 4 is 45.4 Å². The summed E-state index contributed by atoms with van der Waals surface area (Å²) in [7, 11) is 0. The van der Waals surface area contributed by atoms with Crippen LogP contribution in [0.3, 0.4) is 0 Å². The van der Waals surface area contributed by atoms with Gasteiger partial charge < -0.3 is 10.3 Å². The molecule has 0 radical (unpaired) electrons. The van der Waals surface area contributed by atoms with E-state index in [0.29, 0.717) is 23.0 Å². The fourth-order valence-corrected chi connectivity index (χ4v) is 3.63. The second kappa shape index (κ2) is 7.36. The van der Waals surface area contributed by atoms with Crippen LogP contribution in [0.5, 0.6) is 0 Å². The van der Waals surface area contributed by atoms with E-state index >= 15 is 0 Å². The summed E-state index contributed by atoms with van der Waals surface area (Å²) in [6.07, 6.45) is 0.381. The molecule has 2 N–H and O–H groups in total. The smallest absolute Gasteiger partial charge is 0.225 e. The Labute approximate surface area is 160 Å². The standard InChI is InChI=1S/C20H19N5OS/c1-12-6-5-9-15(13(12)2)21-17(26)10-11-27-20-23-19-18(24-25-20)14-7-3-4-8-16(14)22-19/h3-9H,10-11H2,1-2H3,(H,21,26)(H,22,23,25). The Hall–Kier alpha value is -2.93. The van der Waals surface area contributed by atoms with Gasteiger partial charge in [0.05, 0.1) is 0 Å². The lowest BCUT2D eigenvalue weighted by molar-refractivity contribution is -0.115. The zero-order chi connectivity index (χ0) is 18.8. The van der Waals surface area contributed by atoms with Crippen molar-refractivity contribution in [1.29, 1.82) is 0 Å². The highest BCUT2D eigenvalue weighted by Gasteiger charge is 2.10. The van der Waals surface area contributed by atoms with Crippen LogP contribution in [-0.4, -0.2) is 31.8 Å². The Morgan fingerprint density at radius 3 is 2.85 bits per heavy atom. The molecular weight excluding hydrogens is 358 g/mol. The molecule has 0 saturated heterocycles. The number of carbonyl (C=O) groups excluding carboxylic acids is 1. The zero-order valence-electron chi connectivity index (χ0n) is 15.1. The second-order valence-corrected chi connectivity index (χ2v) is 7.42. The summed E-state index contributed by atoms with van der Waals surface area (Å²) in [4.78, 5) is 20.0. The maximum absolute atomic E-state index is 12.2. The third-order valence-corrected chi connectivity index (χ3v) is 5.38. The maximum Gasteiger partial charge on any atom is 0.225 e. The van der Waals surface area contributed by atoms with Gasteiger partial charge in [-0.15, -0.1) is 10.2 Å². The number of hydrogen-bond acceptors (Lipinski definition) is 5. The highest BCUT2D eigenvalue weighted by Crippen LogP contribution is 2.23. The van der Waals surface area contributed by atoms with Crippen molar-refractivity contribution in [2.75, 3.05) is 11.1 Å². The number of carbonyl (C=O) groups is 1. The fourth-order valence-electron chi connectivity index (χ4n) is 2.90. The summed E-state index contributed by atoms with van der Waals surface area (Å²) in [5.41, 5.74) is 5.59. The number of rotatable bonds is 5. The minimum Gasteiger partial charge on any atom is -0.338 e. The summed E-state index contributed by atoms with van der Waals surface area (Å²) in [6.45, 7) is 4.04. The van der Waals surface area contributed by atoms with Crippen LogP contribution >= 0.6 is 11.8 Å². The van der Waals surface area contributed by atoms with Crippen LogP contribution in [0.2, 0.25) is 0 Å². The Morgan fingerprint density at radius 2 is 1.96 bits per heavy atom. The lowest BCUT2D eigenvalue weighted by Gasteiger charge is -2.10. The van der Waals surface area contributed by atoms with E-state index in [-0.39, 0.29) is 5.91 Å². The van der Waals surface area contributed by atoms with Crippen LogP contribution < -0.4 is 5.32 Å². The van der Waals surface area contributed by atoms with Crippen molar-refractivity contribution in [3.8, 4) is 0 Å². The van der Waals surface area contributed by atoms with E-state index < -0.39 is 0 Å². The van der Waals surface area contributed by atoms with Gasteiger partial charge >= 0.3 is 0 Å². The van der Waals surface area contributed by atoms with Gasteiger partial charge in [0.2, 0.25) is 11.1 Å². The molecular formula is C20H19N5OS. The molecule has 0 aliphatic carbocycles.